The molecule has 0 bridgehead atoms. The molecule has 2 rings (SSSR count). The maximum absolute atomic E-state index is 6.84. The molecule has 0 unspecified atom stereocenters. The first-order valence-electron chi connectivity index (χ1n) is 7.99. The van der Waals surface area contributed by atoms with Crippen LogP contribution in [0.1, 0.15) is 85.5 Å². The lowest BCUT2D eigenvalue weighted by Crippen LogP contribution is -2.53. The van der Waals surface area contributed by atoms with Crippen LogP contribution in [0.5, 0.6) is 0 Å². The summed E-state index contributed by atoms with van der Waals surface area (Å²) in [5.41, 5.74) is 7.79. The van der Waals surface area contributed by atoms with Crippen molar-refractivity contribution in [1.29, 1.82) is 0 Å². The minimum absolute atomic E-state index is 0.104. The predicted molar refractivity (Wildman–Crippen MR) is 79.5 cm³/mol. The van der Waals surface area contributed by atoms with Gasteiger partial charge in [0.2, 0.25) is 0 Å². The van der Waals surface area contributed by atoms with Gasteiger partial charge in [0.25, 0.3) is 0 Å². The van der Waals surface area contributed by atoms with E-state index in [-0.39, 0.29) is 5.54 Å². The molecule has 2 N–H and O–H groups in total. The van der Waals surface area contributed by atoms with Crippen molar-refractivity contribution < 1.29 is 0 Å². The van der Waals surface area contributed by atoms with Gasteiger partial charge in [0, 0.05) is 5.54 Å². The molecule has 0 aromatic heterocycles. The van der Waals surface area contributed by atoms with Crippen molar-refractivity contribution in [2.75, 3.05) is 0 Å². The average Bonchev–Trinajstić information content (AvgIpc) is 2.11. The quantitative estimate of drug-likeness (QED) is 0.743. The second kappa shape index (κ2) is 4.81. The highest BCUT2D eigenvalue weighted by atomic mass is 14.8. The molecule has 2 saturated carbocycles. The largest absolute Gasteiger partial charge is 0.325 e. The highest BCUT2D eigenvalue weighted by Gasteiger charge is 2.45. The molecule has 0 atom stereocenters. The number of hydrogen-bond donors (Lipinski definition) is 1. The molecule has 2 fully saturated rings. The van der Waals surface area contributed by atoms with Crippen LogP contribution in [0, 0.1) is 16.7 Å². The Hall–Kier alpha value is -0.0400. The molecular formula is C17H33N. The van der Waals surface area contributed by atoms with Gasteiger partial charge < -0.3 is 5.73 Å². The third kappa shape index (κ3) is 3.73. The molecule has 0 aromatic rings. The van der Waals surface area contributed by atoms with Gasteiger partial charge in [-0.3, -0.25) is 0 Å². The van der Waals surface area contributed by atoms with Gasteiger partial charge in [0.15, 0.2) is 0 Å². The van der Waals surface area contributed by atoms with Crippen LogP contribution in [0.2, 0.25) is 0 Å². The van der Waals surface area contributed by atoms with E-state index in [4.69, 9.17) is 5.73 Å². The number of nitrogens with two attached hydrogens (primary N) is 1. The Morgan fingerprint density at radius 2 is 1.33 bits per heavy atom. The third-order valence-corrected chi connectivity index (χ3v) is 5.04. The van der Waals surface area contributed by atoms with Gasteiger partial charge in [-0.15, -0.1) is 0 Å². The van der Waals surface area contributed by atoms with Crippen LogP contribution in [-0.4, -0.2) is 5.54 Å². The van der Waals surface area contributed by atoms with E-state index in [1.54, 1.807) is 0 Å². The Labute approximate surface area is 114 Å². The summed E-state index contributed by atoms with van der Waals surface area (Å²) in [6, 6.07) is 0. The molecule has 0 aromatic carbocycles. The Balaban J connectivity index is 2.04. The third-order valence-electron chi connectivity index (χ3n) is 5.04. The Morgan fingerprint density at radius 1 is 0.833 bits per heavy atom. The molecule has 0 saturated heterocycles. The van der Waals surface area contributed by atoms with E-state index in [0.717, 1.165) is 5.92 Å². The van der Waals surface area contributed by atoms with Crippen molar-refractivity contribution >= 4 is 0 Å². The molecule has 0 heterocycles. The molecule has 0 aliphatic heterocycles. The highest BCUT2D eigenvalue weighted by Crippen LogP contribution is 2.51. The first kappa shape index (κ1) is 14.4. The van der Waals surface area contributed by atoms with Gasteiger partial charge in [-0.25, -0.2) is 0 Å². The van der Waals surface area contributed by atoms with Crippen LogP contribution in [0.25, 0.3) is 0 Å². The summed E-state index contributed by atoms with van der Waals surface area (Å²) in [7, 11) is 0. The van der Waals surface area contributed by atoms with E-state index in [1.165, 1.54) is 57.8 Å². The lowest BCUT2D eigenvalue weighted by atomic mass is 9.56. The minimum Gasteiger partial charge on any atom is -0.325 e. The van der Waals surface area contributed by atoms with Gasteiger partial charge >= 0.3 is 0 Å². The Bertz CT molecular complexity index is 268. The summed E-state index contributed by atoms with van der Waals surface area (Å²) >= 11 is 0. The number of rotatable bonds is 2. The molecular weight excluding hydrogens is 218 g/mol. The zero-order valence-corrected chi connectivity index (χ0v) is 13.0. The zero-order valence-electron chi connectivity index (χ0n) is 13.0. The van der Waals surface area contributed by atoms with Crippen LogP contribution < -0.4 is 5.73 Å². The Kier molecular flexibility index (Phi) is 3.84. The molecule has 1 nitrogen and oxygen atoms in total. The lowest BCUT2D eigenvalue weighted by Gasteiger charge is -2.51. The first-order valence-corrected chi connectivity index (χ1v) is 7.99. The molecule has 2 aliphatic carbocycles. The van der Waals surface area contributed by atoms with Crippen LogP contribution in [0.15, 0.2) is 0 Å². The van der Waals surface area contributed by atoms with E-state index in [1.807, 2.05) is 0 Å². The topological polar surface area (TPSA) is 26.0 Å². The Morgan fingerprint density at radius 3 is 1.83 bits per heavy atom. The molecule has 2 aliphatic rings. The zero-order chi connectivity index (χ0) is 13.4. The monoisotopic (exact) mass is 251 g/mol. The molecule has 0 spiro atoms. The summed E-state index contributed by atoms with van der Waals surface area (Å²) in [5.74, 6) is 0.911. The smallest absolute Gasteiger partial charge is 0.0167 e. The van der Waals surface area contributed by atoms with Crippen molar-refractivity contribution in [3.8, 4) is 0 Å². The summed E-state index contributed by atoms with van der Waals surface area (Å²) < 4.78 is 0. The van der Waals surface area contributed by atoms with Crippen molar-refractivity contribution in [2.24, 2.45) is 22.5 Å². The van der Waals surface area contributed by atoms with Gasteiger partial charge in [0.1, 0.15) is 0 Å². The van der Waals surface area contributed by atoms with Crippen LogP contribution in [-0.2, 0) is 0 Å². The van der Waals surface area contributed by atoms with E-state index >= 15 is 0 Å². The van der Waals surface area contributed by atoms with Crippen molar-refractivity contribution in [3.63, 3.8) is 0 Å². The van der Waals surface area contributed by atoms with Gasteiger partial charge in [-0.05, 0) is 42.4 Å². The first-order chi connectivity index (χ1) is 8.20. The van der Waals surface area contributed by atoms with Crippen molar-refractivity contribution in [3.05, 3.63) is 0 Å². The minimum atomic E-state index is 0.104. The van der Waals surface area contributed by atoms with E-state index in [9.17, 15) is 0 Å². The fraction of sp³-hybridized carbons (Fsp3) is 1.00. The predicted octanol–water partition coefficient (Wildman–Crippen LogP) is 4.89. The number of hydrogen-bond acceptors (Lipinski definition) is 1. The summed E-state index contributed by atoms with van der Waals surface area (Å²) in [5, 5.41) is 0. The van der Waals surface area contributed by atoms with E-state index < -0.39 is 0 Å². The van der Waals surface area contributed by atoms with Crippen LogP contribution in [0.4, 0.5) is 0 Å². The van der Waals surface area contributed by atoms with Gasteiger partial charge in [-0.2, -0.15) is 0 Å². The second-order valence-electron chi connectivity index (χ2n) is 8.93. The fourth-order valence-corrected chi connectivity index (χ4v) is 5.50. The van der Waals surface area contributed by atoms with E-state index in [2.05, 4.69) is 27.7 Å². The van der Waals surface area contributed by atoms with Crippen LogP contribution >= 0.6 is 0 Å². The SMILES string of the molecule is CC1(C)CC(C)(C)CC(N)(CC2CCCCC2)C1. The summed E-state index contributed by atoms with van der Waals surface area (Å²) in [6.07, 6.45) is 12.2. The molecule has 106 valence electrons. The molecule has 0 radical (unpaired) electrons. The van der Waals surface area contributed by atoms with Crippen molar-refractivity contribution in [2.45, 2.75) is 91.0 Å². The lowest BCUT2D eigenvalue weighted by molar-refractivity contribution is 0.0329. The molecule has 1 heteroatoms. The van der Waals surface area contributed by atoms with Crippen LogP contribution in [0.3, 0.4) is 0 Å². The maximum atomic E-state index is 6.84. The highest BCUT2D eigenvalue weighted by molar-refractivity contribution is 5.01. The standard InChI is InChI=1S/C17H33N/c1-15(2)11-16(3,4)13-17(18,12-15)10-14-8-6-5-7-9-14/h14H,5-13,18H2,1-4H3. The molecule has 0 amide bonds. The van der Waals surface area contributed by atoms with Crippen molar-refractivity contribution in [1.82, 2.24) is 0 Å². The van der Waals surface area contributed by atoms with Gasteiger partial charge in [0.05, 0.1) is 0 Å². The summed E-state index contributed by atoms with van der Waals surface area (Å²) in [6.45, 7) is 9.65. The normalized spacial score (nSPS) is 31.2. The van der Waals surface area contributed by atoms with Gasteiger partial charge in [-0.1, -0.05) is 59.8 Å². The average molecular weight is 251 g/mol. The van der Waals surface area contributed by atoms with E-state index in [0.29, 0.717) is 10.8 Å². The summed E-state index contributed by atoms with van der Waals surface area (Å²) in [4.78, 5) is 0. The molecule has 18 heavy (non-hydrogen) atoms. The fourth-order valence-electron chi connectivity index (χ4n) is 5.50. The second-order valence-corrected chi connectivity index (χ2v) is 8.93. The maximum Gasteiger partial charge on any atom is 0.0167 e.